The van der Waals surface area contributed by atoms with E-state index in [0.29, 0.717) is 61.0 Å². The summed E-state index contributed by atoms with van der Waals surface area (Å²) < 4.78 is 73.9. The van der Waals surface area contributed by atoms with Gasteiger partial charge in [0.15, 0.2) is 0 Å². The van der Waals surface area contributed by atoms with Gasteiger partial charge in [-0.2, -0.15) is 0 Å². The average Bonchev–Trinajstić information content (AvgIpc) is 3.97. The van der Waals surface area contributed by atoms with Crippen LogP contribution in [0.3, 0.4) is 0 Å². The predicted octanol–water partition coefficient (Wildman–Crippen LogP) is 5.15. The van der Waals surface area contributed by atoms with Crippen molar-refractivity contribution in [2.24, 2.45) is 29.1 Å². The third-order valence-electron chi connectivity index (χ3n) is 13.3. The minimum Gasteiger partial charge on any atom is -0.497 e. The zero-order valence-electron chi connectivity index (χ0n) is 34.1. The number of aromatic nitrogens is 2. The number of alkyl halides is 2. The van der Waals surface area contributed by atoms with Gasteiger partial charge in [-0.3, -0.25) is 19.1 Å². The van der Waals surface area contributed by atoms with Gasteiger partial charge in [0.25, 0.3) is 5.91 Å². The molecule has 4 amide bonds. The fourth-order valence-corrected chi connectivity index (χ4v) is 10.2. The molecule has 6 aliphatic rings. The van der Waals surface area contributed by atoms with Crippen molar-refractivity contribution < 1.29 is 54.9 Å². The van der Waals surface area contributed by atoms with Crippen molar-refractivity contribution in [1.29, 1.82) is 0 Å². The number of rotatable bonds is 8. The van der Waals surface area contributed by atoms with Crippen LogP contribution in [0, 0.1) is 29.1 Å². The quantitative estimate of drug-likeness (QED) is 0.318. The fourth-order valence-electron chi connectivity index (χ4n) is 8.90. The highest BCUT2D eigenvalue weighted by Crippen LogP contribution is 2.51. The van der Waals surface area contributed by atoms with E-state index in [1.807, 2.05) is 10.8 Å². The van der Waals surface area contributed by atoms with Crippen LogP contribution in [0.1, 0.15) is 102 Å². The van der Waals surface area contributed by atoms with Gasteiger partial charge in [-0.1, -0.05) is 33.6 Å². The number of nitrogens with zero attached hydrogens (tertiary/aromatic N) is 3. The summed E-state index contributed by atoms with van der Waals surface area (Å²) >= 11 is 0. The lowest BCUT2D eigenvalue weighted by molar-refractivity contribution is -0.144. The van der Waals surface area contributed by atoms with Gasteiger partial charge in [0.2, 0.25) is 34.1 Å². The van der Waals surface area contributed by atoms with Crippen LogP contribution < -0.4 is 24.8 Å². The highest BCUT2D eigenvalue weighted by Gasteiger charge is 2.68. The highest BCUT2D eigenvalue weighted by atomic mass is 32.2. The summed E-state index contributed by atoms with van der Waals surface area (Å²) in [7, 11) is -2.70. The Kier molecular flexibility index (Phi) is 10.5. The molecule has 4 aliphatic carbocycles. The van der Waals surface area contributed by atoms with E-state index < -0.39 is 92.4 Å². The summed E-state index contributed by atoms with van der Waals surface area (Å²) in [6.07, 6.45) is 1.22. The molecular formula is C41H60F2N6O9S. The molecule has 1 aromatic heterocycles. The lowest BCUT2D eigenvalue weighted by Crippen LogP contribution is -2.61. The number of nitrogens with one attached hydrogen (secondary N) is 3. The molecule has 3 N–H and O–H groups in total. The number of carbonyl (C=O) groups is 4. The number of methoxy groups -OCH3 is 1. The highest BCUT2D eigenvalue weighted by molar-refractivity contribution is 7.91. The first kappa shape index (κ1) is 41.4. The predicted molar refractivity (Wildman–Crippen MR) is 215 cm³/mol. The number of benzene rings is 1. The third-order valence-corrected chi connectivity index (χ3v) is 15.4. The van der Waals surface area contributed by atoms with E-state index in [2.05, 4.69) is 10.6 Å². The second kappa shape index (κ2) is 15.0. The Hall–Kier alpha value is -4.35. The van der Waals surface area contributed by atoms with Crippen molar-refractivity contribution in [2.75, 3.05) is 13.7 Å². The minimum atomic E-state index is -4.24. The second-order valence-electron chi connectivity index (χ2n) is 18.8. The third kappa shape index (κ3) is 8.13. The van der Waals surface area contributed by atoms with Gasteiger partial charge in [0.05, 0.1) is 35.4 Å². The molecule has 3 heterocycles. The summed E-state index contributed by atoms with van der Waals surface area (Å²) in [5, 5.41) is 5.33. The molecule has 1 aromatic carbocycles. The van der Waals surface area contributed by atoms with Crippen LogP contribution in [-0.2, 0) is 35.6 Å². The Bertz CT molecular complexity index is 2160. The van der Waals surface area contributed by atoms with Crippen molar-refractivity contribution in [1.82, 2.24) is 30.2 Å². The molecule has 2 bridgehead atoms. The van der Waals surface area contributed by atoms with Crippen LogP contribution in [0.25, 0.3) is 11.0 Å². The number of amides is 4. The second-order valence-corrected chi connectivity index (χ2v) is 21.0. The van der Waals surface area contributed by atoms with Crippen molar-refractivity contribution in [2.45, 2.75) is 139 Å². The maximum absolute atomic E-state index is 15.0. The normalized spacial score (nSPS) is 32.0. The van der Waals surface area contributed by atoms with Crippen LogP contribution in [0.15, 0.2) is 18.2 Å². The largest absolute Gasteiger partial charge is 0.497 e. The molecule has 4 saturated carbocycles. The van der Waals surface area contributed by atoms with Gasteiger partial charge in [0.1, 0.15) is 41.3 Å². The molecule has 5 fully saturated rings. The molecular weight excluding hydrogens is 791 g/mol. The van der Waals surface area contributed by atoms with E-state index in [4.69, 9.17) is 24.2 Å². The fraction of sp³-hybridized carbons (Fsp3) is 0.707. The van der Waals surface area contributed by atoms with E-state index in [9.17, 15) is 36.4 Å². The number of halogens is 2. The van der Waals surface area contributed by atoms with Crippen molar-refractivity contribution in [3.8, 4) is 11.6 Å². The smallest absolute Gasteiger partial charge is 0.408 e. The van der Waals surface area contributed by atoms with Gasteiger partial charge < -0.3 is 29.7 Å². The summed E-state index contributed by atoms with van der Waals surface area (Å²) in [5.74, 6) is -4.26. The molecule has 18 heteroatoms. The van der Waals surface area contributed by atoms with Crippen LogP contribution in [0.4, 0.5) is 13.6 Å². The van der Waals surface area contributed by atoms with Gasteiger partial charge in [0, 0.05) is 16.3 Å². The van der Waals surface area contributed by atoms with Gasteiger partial charge in [-0.05, 0) is 94.1 Å². The topological polar surface area (TPSA) is 195 Å². The Balaban J connectivity index is 0.00000242. The maximum atomic E-state index is 15.0. The number of alkyl carbamates (subject to hydrolysis) is 1. The van der Waals surface area contributed by atoms with Gasteiger partial charge in [-0.15, -0.1) is 0 Å². The standard InChI is InChI=1S/C41H54F2N6O9S.3H2/c1-39(2,3)32-36(51)49-20-29(30(21-11-12-21)31(49)34(50)47-41(19-24(41)33(42)43)37(52)48-59(54,55)40(4)15-16-40)57-35-26(44-25-14-13-23(56-5)18-27(25)45-35)10-8-6-7-9-22-17-28(22)58-38(53)46-32;;;/h13-14,18,21-22,24,28-33H,6-12,15-17,19-20H2,1-5H3,(H,46,53)(H,47,50)(H,48,52);3*1H/t22-,24+,28-,29+,30-,31+,32-,41-;;;/m1.../s1. The Morgan fingerprint density at radius 2 is 1.78 bits per heavy atom. The number of ether oxygens (including phenoxy) is 3. The first-order valence-corrected chi connectivity index (χ1v) is 22.3. The zero-order chi connectivity index (χ0) is 42.2. The summed E-state index contributed by atoms with van der Waals surface area (Å²) in [6.45, 7) is 6.61. The molecule has 8 rings (SSSR count). The zero-order valence-corrected chi connectivity index (χ0v) is 34.9. The molecule has 2 aromatic rings. The Morgan fingerprint density at radius 3 is 2.42 bits per heavy atom. The maximum Gasteiger partial charge on any atom is 0.408 e. The Labute approximate surface area is 347 Å². The number of fused-ring (bicyclic) bond motifs is 5. The molecule has 15 nitrogen and oxygen atoms in total. The lowest BCUT2D eigenvalue weighted by Gasteiger charge is -2.36. The number of hydrogen-bond acceptors (Lipinski definition) is 11. The van der Waals surface area contributed by atoms with E-state index in [1.54, 1.807) is 40.0 Å². The van der Waals surface area contributed by atoms with Gasteiger partial charge >= 0.3 is 6.09 Å². The number of carbonyl (C=O) groups excluding carboxylic acids is 4. The molecule has 8 atom stereocenters. The van der Waals surface area contributed by atoms with Gasteiger partial charge in [-0.25, -0.2) is 32.0 Å². The SMILES string of the molecule is COc1ccc2nc3c(nc2c1)O[C@H]1CN(C(=O)[C@H](C(C)(C)C)NC(=O)O[C@@H]2C[C@H]2CCCCC3)[C@H](C(=O)N[C@]2(C(=O)NS(=O)(=O)C3(C)CC3)C[C@H]2C(F)F)[C@@H]1C1CC1.[HH].[HH].[HH]. The van der Waals surface area contributed by atoms with Crippen LogP contribution in [0.2, 0.25) is 0 Å². The number of aryl methyl sites for hydroxylation is 1. The summed E-state index contributed by atoms with van der Waals surface area (Å²) in [4.78, 5) is 68.1. The number of hydrogen-bond donors (Lipinski definition) is 3. The monoisotopic (exact) mass is 850 g/mol. The first-order chi connectivity index (χ1) is 27.8. The van der Waals surface area contributed by atoms with E-state index >= 15 is 0 Å². The summed E-state index contributed by atoms with van der Waals surface area (Å²) in [5.41, 5.74) is -1.37. The lowest BCUT2D eigenvalue weighted by atomic mass is 9.85. The average molecular weight is 851 g/mol. The van der Waals surface area contributed by atoms with Crippen molar-refractivity contribution in [3.05, 3.63) is 23.9 Å². The molecule has 0 unspecified atom stereocenters. The van der Waals surface area contributed by atoms with E-state index in [0.717, 1.165) is 25.7 Å². The minimum absolute atomic E-state index is 0. The Morgan fingerprint density at radius 1 is 1.03 bits per heavy atom. The van der Waals surface area contributed by atoms with Crippen LogP contribution >= 0.6 is 0 Å². The van der Waals surface area contributed by atoms with Crippen LogP contribution in [0.5, 0.6) is 11.6 Å². The van der Waals surface area contributed by atoms with E-state index in [-0.39, 0.29) is 34.6 Å². The molecule has 328 valence electrons. The molecule has 59 heavy (non-hydrogen) atoms. The first-order valence-electron chi connectivity index (χ1n) is 20.8. The molecule has 1 saturated heterocycles. The molecule has 2 aliphatic heterocycles. The molecule has 0 spiro atoms. The summed E-state index contributed by atoms with van der Waals surface area (Å²) in [6, 6.07) is 2.81. The number of sulfonamides is 1. The van der Waals surface area contributed by atoms with E-state index in [1.165, 1.54) is 11.8 Å². The molecule has 0 radical (unpaired) electrons. The van der Waals surface area contributed by atoms with Crippen molar-refractivity contribution in [3.63, 3.8) is 0 Å². The van der Waals surface area contributed by atoms with Crippen LogP contribution in [-0.4, -0.2) is 102 Å². The van der Waals surface area contributed by atoms with Crippen molar-refractivity contribution >= 4 is 44.9 Å².